The van der Waals surface area contributed by atoms with Crippen LogP contribution in [-0.2, 0) is 12.8 Å². The molecule has 0 radical (unpaired) electrons. The SMILES string of the molecule is Nc1nc(N)c2c(n1)CC/C(=N/Oc1ccccc1)C2. The van der Waals surface area contributed by atoms with Gasteiger partial charge in [-0.15, -0.1) is 0 Å². The van der Waals surface area contributed by atoms with Crippen molar-refractivity contribution in [3.05, 3.63) is 41.6 Å². The number of nitrogens with two attached hydrogens (primary N) is 2. The van der Waals surface area contributed by atoms with E-state index in [0.717, 1.165) is 29.8 Å². The van der Waals surface area contributed by atoms with E-state index in [9.17, 15) is 0 Å². The maximum atomic E-state index is 5.88. The highest BCUT2D eigenvalue weighted by atomic mass is 16.6. The van der Waals surface area contributed by atoms with Gasteiger partial charge < -0.3 is 16.3 Å². The summed E-state index contributed by atoms with van der Waals surface area (Å²) in [4.78, 5) is 13.6. The second-order valence-electron chi connectivity index (χ2n) is 4.63. The van der Waals surface area contributed by atoms with E-state index in [0.29, 0.717) is 18.0 Å². The molecule has 0 fully saturated rings. The largest absolute Gasteiger partial charge is 0.383 e. The number of nitrogen functional groups attached to an aromatic ring is 2. The molecule has 0 spiro atoms. The summed E-state index contributed by atoms with van der Waals surface area (Å²) < 4.78 is 0. The number of hydrogen-bond acceptors (Lipinski definition) is 6. The van der Waals surface area contributed by atoms with Crippen molar-refractivity contribution in [3.8, 4) is 5.75 Å². The van der Waals surface area contributed by atoms with Gasteiger partial charge in [-0.1, -0.05) is 23.4 Å². The van der Waals surface area contributed by atoms with Gasteiger partial charge in [0, 0.05) is 12.0 Å². The lowest BCUT2D eigenvalue weighted by Gasteiger charge is -2.17. The van der Waals surface area contributed by atoms with Crippen LogP contribution >= 0.6 is 0 Å². The summed E-state index contributed by atoms with van der Waals surface area (Å²) in [5, 5.41) is 4.19. The zero-order valence-electron chi connectivity index (χ0n) is 10.9. The number of aryl methyl sites for hydroxylation is 1. The summed E-state index contributed by atoms with van der Waals surface area (Å²) in [5.74, 6) is 1.37. The Labute approximate surface area is 116 Å². The summed E-state index contributed by atoms with van der Waals surface area (Å²) in [6.45, 7) is 0. The summed E-state index contributed by atoms with van der Waals surface area (Å²) in [6.07, 6.45) is 2.15. The molecule has 1 aromatic carbocycles. The van der Waals surface area contributed by atoms with Crippen LogP contribution in [0, 0.1) is 0 Å². The van der Waals surface area contributed by atoms with E-state index >= 15 is 0 Å². The Morgan fingerprint density at radius 3 is 2.65 bits per heavy atom. The minimum absolute atomic E-state index is 0.224. The van der Waals surface area contributed by atoms with E-state index in [1.165, 1.54) is 0 Å². The standard InChI is InChI=1S/C14H15N5O/c15-13-11-8-9(6-7-12(11)17-14(16)18-13)19-20-10-4-2-1-3-5-10/h1-5H,6-8H2,(H4,15,16,17,18)/b19-9-. The molecule has 2 aromatic rings. The number of benzene rings is 1. The van der Waals surface area contributed by atoms with Crippen LogP contribution in [0.4, 0.5) is 11.8 Å². The Morgan fingerprint density at radius 1 is 1.05 bits per heavy atom. The highest BCUT2D eigenvalue weighted by Crippen LogP contribution is 2.23. The Morgan fingerprint density at radius 2 is 1.85 bits per heavy atom. The Bertz CT molecular complexity index is 654. The van der Waals surface area contributed by atoms with Crippen molar-refractivity contribution >= 4 is 17.5 Å². The van der Waals surface area contributed by atoms with Gasteiger partial charge in [0.2, 0.25) is 5.95 Å². The first-order valence-corrected chi connectivity index (χ1v) is 6.41. The van der Waals surface area contributed by atoms with Gasteiger partial charge >= 0.3 is 0 Å². The highest BCUT2D eigenvalue weighted by Gasteiger charge is 2.20. The maximum absolute atomic E-state index is 5.88. The highest BCUT2D eigenvalue weighted by molar-refractivity contribution is 5.89. The van der Waals surface area contributed by atoms with Crippen molar-refractivity contribution in [2.45, 2.75) is 19.3 Å². The molecule has 6 nitrogen and oxygen atoms in total. The fourth-order valence-electron chi connectivity index (χ4n) is 2.20. The molecule has 6 heteroatoms. The summed E-state index contributed by atoms with van der Waals surface area (Å²) in [5.41, 5.74) is 14.2. The van der Waals surface area contributed by atoms with Crippen LogP contribution < -0.4 is 16.3 Å². The van der Waals surface area contributed by atoms with E-state index in [4.69, 9.17) is 16.3 Å². The van der Waals surface area contributed by atoms with Gasteiger partial charge in [-0.2, -0.15) is 4.98 Å². The fourth-order valence-corrected chi connectivity index (χ4v) is 2.20. The van der Waals surface area contributed by atoms with Gasteiger partial charge in [-0.3, -0.25) is 0 Å². The van der Waals surface area contributed by atoms with E-state index in [-0.39, 0.29) is 5.95 Å². The van der Waals surface area contributed by atoms with E-state index in [2.05, 4.69) is 15.1 Å². The molecule has 0 aliphatic heterocycles. The van der Waals surface area contributed by atoms with Crippen LogP contribution in [-0.4, -0.2) is 15.7 Å². The number of hydrogen-bond donors (Lipinski definition) is 2. The first-order chi connectivity index (χ1) is 9.72. The lowest BCUT2D eigenvalue weighted by molar-refractivity contribution is 0.338. The van der Waals surface area contributed by atoms with Gasteiger partial charge in [0.1, 0.15) is 5.82 Å². The van der Waals surface area contributed by atoms with Crippen LogP contribution in [0.15, 0.2) is 35.5 Å². The molecule has 0 saturated carbocycles. The summed E-state index contributed by atoms with van der Waals surface area (Å²) in [6, 6.07) is 9.46. The van der Waals surface area contributed by atoms with Crippen molar-refractivity contribution in [2.24, 2.45) is 5.16 Å². The second kappa shape index (κ2) is 5.16. The molecular weight excluding hydrogens is 254 g/mol. The van der Waals surface area contributed by atoms with Gasteiger partial charge in [0.15, 0.2) is 5.75 Å². The zero-order chi connectivity index (χ0) is 13.9. The molecular formula is C14H15N5O. The maximum Gasteiger partial charge on any atom is 0.222 e. The van der Waals surface area contributed by atoms with Crippen molar-refractivity contribution in [1.29, 1.82) is 0 Å². The van der Waals surface area contributed by atoms with Gasteiger partial charge in [-0.25, -0.2) is 4.98 Å². The minimum Gasteiger partial charge on any atom is -0.383 e. The molecule has 0 amide bonds. The molecule has 0 unspecified atom stereocenters. The van der Waals surface area contributed by atoms with Crippen molar-refractivity contribution in [1.82, 2.24) is 9.97 Å². The first-order valence-electron chi connectivity index (χ1n) is 6.41. The number of oxime groups is 1. The number of nitrogens with zero attached hydrogens (tertiary/aromatic N) is 3. The molecule has 102 valence electrons. The molecule has 0 saturated heterocycles. The quantitative estimate of drug-likeness (QED) is 0.806. The van der Waals surface area contributed by atoms with E-state index in [1.807, 2.05) is 30.3 Å². The van der Waals surface area contributed by atoms with Gasteiger partial charge in [0.25, 0.3) is 0 Å². The first kappa shape index (κ1) is 12.4. The average molecular weight is 269 g/mol. The van der Waals surface area contributed by atoms with Crippen LogP contribution in [0.1, 0.15) is 17.7 Å². The lowest BCUT2D eigenvalue weighted by Crippen LogP contribution is -2.19. The predicted molar refractivity (Wildman–Crippen MR) is 77.4 cm³/mol. The molecule has 0 atom stereocenters. The molecule has 1 aliphatic rings. The molecule has 0 bridgehead atoms. The minimum atomic E-state index is 0.224. The lowest BCUT2D eigenvalue weighted by atomic mass is 9.95. The molecule has 1 aromatic heterocycles. The third-order valence-corrected chi connectivity index (χ3v) is 3.20. The Hall–Kier alpha value is -2.63. The smallest absolute Gasteiger partial charge is 0.222 e. The average Bonchev–Trinajstić information content (AvgIpc) is 2.46. The molecule has 4 N–H and O–H groups in total. The van der Waals surface area contributed by atoms with Crippen molar-refractivity contribution in [3.63, 3.8) is 0 Å². The zero-order valence-corrected chi connectivity index (χ0v) is 10.9. The van der Waals surface area contributed by atoms with E-state index in [1.54, 1.807) is 0 Å². The molecule has 1 heterocycles. The molecule has 20 heavy (non-hydrogen) atoms. The van der Waals surface area contributed by atoms with Crippen LogP contribution in [0.3, 0.4) is 0 Å². The normalized spacial score (nSPS) is 15.9. The molecule has 1 aliphatic carbocycles. The summed E-state index contributed by atoms with van der Waals surface area (Å²) in [7, 11) is 0. The second-order valence-corrected chi connectivity index (χ2v) is 4.63. The fraction of sp³-hybridized carbons (Fsp3) is 0.214. The Balaban J connectivity index is 1.78. The molecule has 3 rings (SSSR count). The number of aromatic nitrogens is 2. The predicted octanol–water partition coefficient (Wildman–Crippen LogP) is 1.56. The van der Waals surface area contributed by atoms with Crippen LogP contribution in [0.5, 0.6) is 5.75 Å². The number of para-hydroxylation sites is 1. The number of fused-ring (bicyclic) bond motifs is 1. The number of rotatable bonds is 2. The van der Waals surface area contributed by atoms with Crippen LogP contribution in [0.2, 0.25) is 0 Å². The van der Waals surface area contributed by atoms with Crippen molar-refractivity contribution < 1.29 is 4.84 Å². The van der Waals surface area contributed by atoms with Crippen LogP contribution in [0.25, 0.3) is 0 Å². The van der Waals surface area contributed by atoms with Gasteiger partial charge in [0.05, 0.1) is 11.4 Å². The third-order valence-electron chi connectivity index (χ3n) is 3.20. The topological polar surface area (TPSA) is 99.4 Å². The monoisotopic (exact) mass is 269 g/mol. The van der Waals surface area contributed by atoms with E-state index < -0.39 is 0 Å². The third kappa shape index (κ3) is 2.54. The van der Waals surface area contributed by atoms with Crippen molar-refractivity contribution in [2.75, 3.05) is 11.5 Å². The Kier molecular flexibility index (Phi) is 3.20. The summed E-state index contributed by atoms with van der Waals surface area (Å²) >= 11 is 0. The van der Waals surface area contributed by atoms with Gasteiger partial charge in [-0.05, 0) is 25.0 Å². The number of anilines is 2.